The minimum Gasteiger partial charge on any atom is -0.481 e. The molecule has 43 heavy (non-hydrogen) atoms. The predicted molar refractivity (Wildman–Crippen MR) is 147 cm³/mol. The Labute approximate surface area is 247 Å². The van der Waals surface area contributed by atoms with Crippen LogP contribution < -0.4 is 5.32 Å². The van der Waals surface area contributed by atoms with Gasteiger partial charge in [0.2, 0.25) is 5.91 Å². The second kappa shape index (κ2) is 12.7. The normalized spacial score (nSPS) is 16.0. The molecular weight excluding hydrogens is 598 g/mol. The molecular formula is C30H26F6N2O4S. The van der Waals surface area contributed by atoms with Crippen LogP contribution in [0.5, 0.6) is 0 Å². The molecule has 2 unspecified atom stereocenters. The number of benzene rings is 3. The van der Waals surface area contributed by atoms with E-state index in [9.17, 15) is 45.8 Å². The zero-order valence-electron chi connectivity index (χ0n) is 22.6. The third-order valence-corrected chi connectivity index (χ3v) is 8.15. The number of carbonyl (C=O) groups is 3. The molecule has 0 aliphatic carbocycles. The highest BCUT2D eigenvalue weighted by Crippen LogP contribution is 2.47. The Hall–Kier alpha value is -4.00. The van der Waals surface area contributed by atoms with Crippen LogP contribution in [0, 0.1) is 5.92 Å². The van der Waals surface area contributed by atoms with Crippen LogP contribution in [-0.4, -0.2) is 46.7 Å². The third kappa shape index (κ3) is 7.51. The van der Waals surface area contributed by atoms with Crippen molar-refractivity contribution >= 4 is 35.2 Å². The molecule has 4 rings (SSSR count). The maximum absolute atomic E-state index is 13.4. The van der Waals surface area contributed by atoms with Gasteiger partial charge in [-0.1, -0.05) is 48.5 Å². The average molecular weight is 625 g/mol. The van der Waals surface area contributed by atoms with Crippen LogP contribution in [0.4, 0.5) is 32.0 Å². The van der Waals surface area contributed by atoms with Gasteiger partial charge in [-0.3, -0.25) is 14.4 Å². The minimum absolute atomic E-state index is 0.000816. The number of fused-ring (bicyclic) bond motifs is 1. The Balaban J connectivity index is 1.56. The number of carboxylic acids is 1. The van der Waals surface area contributed by atoms with Crippen molar-refractivity contribution in [2.45, 2.75) is 48.3 Å². The van der Waals surface area contributed by atoms with E-state index in [-0.39, 0.29) is 18.1 Å². The van der Waals surface area contributed by atoms with Gasteiger partial charge in [-0.25, -0.2) is 0 Å². The SMILES string of the molecule is CC(=O)N1CCc2cc(SCc3ccccc3)ccc2C1C(=O)Nc1ccc(C(C(=O)O)C(C(F)(F)F)C(F)(F)F)cc1. The molecule has 0 saturated carbocycles. The Morgan fingerprint density at radius 2 is 1.58 bits per heavy atom. The first kappa shape index (κ1) is 31.9. The fourth-order valence-electron chi connectivity index (χ4n) is 5.08. The van der Waals surface area contributed by atoms with E-state index >= 15 is 0 Å². The van der Waals surface area contributed by atoms with Gasteiger partial charge in [-0.2, -0.15) is 26.3 Å². The van der Waals surface area contributed by atoms with Crippen molar-refractivity contribution in [3.8, 4) is 0 Å². The van der Waals surface area contributed by atoms with Crippen LogP contribution in [0.1, 0.15) is 41.1 Å². The lowest BCUT2D eigenvalue weighted by Crippen LogP contribution is -2.44. The quantitative estimate of drug-likeness (QED) is 0.209. The first-order valence-corrected chi connectivity index (χ1v) is 14.0. The predicted octanol–water partition coefficient (Wildman–Crippen LogP) is 6.97. The molecule has 1 aliphatic rings. The second-order valence-electron chi connectivity index (χ2n) is 9.99. The number of hydrogen-bond donors (Lipinski definition) is 2. The molecule has 0 aromatic heterocycles. The molecule has 13 heteroatoms. The van der Waals surface area contributed by atoms with Crippen molar-refractivity contribution in [2.75, 3.05) is 11.9 Å². The largest absolute Gasteiger partial charge is 0.481 e. The summed E-state index contributed by atoms with van der Waals surface area (Å²) in [5.41, 5.74) is 1.85. The minimum atomic E-state index is -5.86. The molecule has 0 radical (unpaired) electrons. The monoisotopic (exact) mass is 624 g/mol. The zero-order chi connectivity index (χ0) is 31.5. The summed E-state index contributed by atoms with van der Waals surface area (Å²) in [6, 6.07) is 18.0. The van der Waals surface area contributed by atoms with Gasteiger partial charge in [-0.15, -0.1) is 11.8 Å². The summed E-state index contributed by atoms with van der Waals surface area (Å²) in [6.45, 7) is 1.57. The topological polar surface area (TPSA) is 86.7 Å². The van der Waals surface area contributed by atoms with Gasteiger partial charge in [0, 0.05) is 29.8 Å². The van der Waals surface area contributed by atoms with E-state index in [0.29, 0.717) is 12.0 Å². The summed E-state index contributed by atoms with van der Waals surface area (Å²) in [7, 11) is 0. The molecule has 0 saturated heterocycles. The number of carbonyl (C=O) groups excluding carboxylic acids is 2. The van der Waals surface area contributed by atoms with Crippen LogP contribution in [0.15, 0.2) is 77.7 Å². The van der Waals surface area contributed by atoms with Crippen molar-refractivity contribution in [1.82, 2.24) is 4.90 Å². The van der Waals surface area contributed by atoms with Crippen molar-refractivity contribution in [3.05, 3.63) is 95.1 Å². The Kier molecular flexibility index (Phi) is 9.43. The maximum Gasteiger partial charge on any atom is 0.401 e. The Morgan fingerprint density at radius 3 is 2.14 bits per heavy atom. The highest BCUT2D eigenvalue weighted by Gasteiger charge is 2.62. The van der Waals surface area contributed by atoms with Gasteiger partial charge in [0.15, 0.2) is 5.92 Å². The van der Waals surface area contributed by atoms with Crippen molar-refractivity contribution < 1.29 is 45.8 Å². The molecule has 2 atom stereocenters. The molecule has 2 amide bonds. The number of amides is 2. The molecule has 0 spiro atoms. The maximum atomic E-state index is 13.4. The lowest BCUT2D eigenvalue weighted by Gasteiger charge is -2.36. The lowest BCUT2D eigenvalue weighted by atomic mass is 9.84. The van der Waals surface area contributed by atoms with Crippen LogP contribution in [-0.2, 0) is 26.6 Å². The number of nitrogens with zero attached hydrogens (tertiary/aromatic N) is 1. The van der Waals surface area contributed by atoms with E-state index in [0.717, 1.165) is 46.0 Å². The number of nitrogens with one attached hydrogen (secondary N) is 1. The van der Waals surface area contributed by atoms with Gasteiger partial charge in [0.1, 0.15) is 12.0 Å². The van der Waals surface area contributed by atoms with E-state index in [1.807, 2.05) is 42.5 Å². The summed E-state index contributed by atoms with van der Waals surface area (Å²) in [5, 5.41) is 11.8. The number of alkyl halides is 6. The zero-order valence-corrected chi connectivity index (χ0v) is 23.4. The van der Waals surface area contributed by atoms with Gasteiger partial charge >= 0.3 is 18.3 Å². The summed E-state index contributed by atoms with van der Waals surface area (Å²) in [6.07, 6.45) is -11.2. The van der Waals surface area contributed by atoms with Crippen LogP contribution in [0.3, 0.4) is 0 Å². The Bertz CT molecular complexity index is 1460. The van der Waals surface area contributed by atoms with Crippen LogP contribution in [0.25, 0.3) is 0 Å². The van der Waals surface area contributed by atoms with E-state index in [4.69, 9.17) is 0 Å². The lowest BCUT2D eigenvalue weighted by molar-refractivity contribution is -0.290. The number of halogens is 6. The summed E-state index contributed by atoms with van der Waals surface area (Å²) in [5.74, 6) is -9.65. The van der Waals surface area contributed by atoms with Gasteiger partial charge in [0.25, 0.3) is 5.91 Å². The molecule has 3 aromatic carbocycles. The Morgan fingerprint density at radius 1 is 0.953 bits per heavy atom. The van der Waals surface area contributed by atoms with Gasteiger partial charge in [0.05, 0.1) is 0 Å². The first-order chi connectivity index (χ1) is 20.2. The highest BCUT2D eigenvalue weighted by molar-refractivity contribution is 7.98. The molecule has 3 aromatic rings. The fraction of sp³-hybridized carbons (Fsp3) is 0.300. The summed E-state index contributed by atoms with van der Waals surface area (Å²) >= 11 is 1.61. The van der Waals surface area contributed by atoms with Crippen molar-refractivity contribution in [1.29, 1.82) is 0 Å². The molecule has 0 fully saturated rings. The summed E-state index contributed by atoms with van der Waals surface area (Å²) in [4.78, 5) is 39.7. The molecule has 1 heterocycles. The average Bonchev–Trinajstić information content (AvgIpc) is 2.93. The standard InChI is InChI=1S/C30H26F6N2O4S/c1-17(39)38-14-13-20-15-22(43-16-18-5-3-2-4-6-18)11-12-23(20)25(38)27(40)37-21-9-7-19(8-10-21)24(28(41)42)26(29(31,32)33)30(34,35)36/h2-12,15,24-26H,13-14,16H2,1H3,(H,37,40)(H,41,42). The molecule has 1 aliphatic heterocycles. The van der Waals surface area contributed by atoms with Gasteiger partial charge < -0.3 is 15.3 Å². The van der Waals surface area contributed by atoms with Crippen LogP contribution >= 0.6 is 11.8 Å². The third-order valence-electron chi connectivity index (χ3n) is 7.09. The number of carboxylic acid groups (broad SMARTS) is 1. The molecule has 228 valence electrons. The molecule has 6 nitrogen and oxygen atoms in total. The first-order valence-electron chi connectivity index (χ1n) is 13.0. The number of aliphatic carboxylic acids is 1. The van der Waals surface area contributed by atoms with E-state index < -0.39 is 47.7 Å². The second-order valence-corrected chi connectivity index (χ2v) is 11.0. The number of anilines is 1. The van der Waals surface area contributed by atoms with Crippen molar-refractivity contribution in [2.24, 2.45) is 5.92 Å². The van der Waals surface area contributed by atoms with Crippen molar-refractivity contribution in [3.63, 3.8) is 0 Å². The highest BCUT2D eigenvalue weighted by atomic mass is 32.2. The number of hydrogen-bond acceptors (Lipinski definition) is 4. The van der Waals surface area contributed by atoms with E-state index in [1.54, 1.807) is 17.8 Å². The number of thioether (sulfide) groups is 1. The van der Waals surface area contributed by atoms with E-state index in [1.165, 1.54) is 11.8 Å². The smallest absolute Gasteiger partial charge is 0.401 e. The van der Waals surface area contributed by atoms with Crippen LogP contribution in [0.2, 0.25) is 0 Å². The fourth-order valence-corrected chi connectivity index (χ4v) is 6.00. The summed E-state index contributed by atoms with van der Waals surface area (Å²) < 4.78 is 79.6. The van der Waals surface area contributed by atoms with E-state index in [2.05, 4.69) is 5.32 Å². The molecule has 0 bridgehead atoms. The van der Waals surface area contributed by atoms with Gasteiger partial charge in [-0.05, 0) is 52.9 Å². The number of rotatable bonds is 8. The molecule has 2 N–H and O–H groups in total.